The summed E-state index contributed by atoms with van der Waals surface area (Å²) in [5, 5.41) is 8.88. The molecule has 0 unspecified atom stereocenters. The van der Waals surface area contributed by atoms with Gasteiger partial charge in [0.1, 0.15) is 5.60 Å². The first-order valence-corrected chi connectivity index (χ1v) is 29.4. The van der Waals surface area contributed by atoms with Crippen LogP contribution in [0, 0.1) is 11.8 Å². The summed E-state index contributed by atoms with van der Waals surface area (Å²) in [4.78, 5) is 64.8. The summed E-state index contributed by atoms with van der Waals surface area (Å²) < 4.78 is 16.8. The summed E-state index contributed by atoms with van der Waals surface area (Å²) in [6, 6.07) is 0. The molecule has 0 fully saturated rings. The maximum atomic E-state index is 12.8. The SMILES string of the molecule is CCCCCCC(CCCCCC)COC(=O)CCCCCCCCNC(=O)CCN(CCNC(=O)OC(C)(C)C)CCC(=O)NCCCCCCCC(=O)OCC(CCCCCC)CCCCCC. The molecule has 12 heteroatoms. The molecular weight excluding hydrogens is 881 g/mol. The van der Waals surface area contributed by atoms with E-state index in [4.69, 9.17) is 14.2 Å². The Labute approximate surface area is 430 Å². The van der Waals surface area contributed by atoms with Gasteiger partial charge in [-0.1, -0.05) is 175 Å². The van der Waals surface area contributed by atoms with Crippen LogP contribution in [0.1, 0.15) is 273 Å². The topological polar surface area (TPSA) is 152 Å². The van der Waals surface area contributed by atoms with Crippen molar-refractivity contribution < 1.29 is 38.2 Å². The minimum atomic E-state index is -0.599. The largest absolute Gasteiger partial charge is 0.465 e. The molecule has 0 heterocycles. The van der Waals surface area contributed by atoms with Crippen LogP contribution < -0.4 is 16.0 Å². The van der Waals surface area contributed by atoms with E-state index in [1.54, 1.807) is 0 Å². The second-order valence-corrected chi connectivity index (χ2v) is 21.4. The van der Waals surface area contributed by atoms with Gasteiger partial charge in [-0.2, -0.15) is 0 Å². The fourth-order valence-electron chi connectivity index (χ4n) is 8.77. The van der Waals surface area contributed by atoms with Gasteiger partial charge in [-0.25, -0.2) is 4.79 Å². The number of nitrogens with zero attached hydrogens (tertiary/aromatic N) is 1. The van der Waals surface area contributed by atoms with Crippen LogP contribution in [-0.4, -0.2) is 92.8 Å². The second kappa shape index (κ2) is 48.4. The van der Waals surface area contributed by atoms with E-state index in [1.807, 2.05) is 25.7 Å². The van der Waals surface area contributed by atoms with Crippen LogP contribution in [0.3, 0.4) is 0 Å². The van der Waals surface area contributed by atoms with Crippen molar-refractivity contribution in [3.63, 3.8) is 0 Å². The van der Waals surface area contributed by atoms with Crippen molar-refractivity contribution in [1.82, 2.24) is 20.9 Å². The van der Waals surface area contributed by atoms with Gasteiger partial charge in [0.15, 0.2) is 0 Å². The van der Waals surface area contributed by atoms with E-state index in [9.17, 15) is 24.0 Å². The molecule has 70 heavy (non-hydrogen) atoms. The number of nitrogens with one attached hydrogen (secondary N) is 3. The normalized spacial score (nSPS) is 11.6. The smallest absolute Gasteiger partial charge is 0.407 e. The first-order valence-electron chi connectivity index (χ1n) is 29.4. The molecule has 0 aliphatic rings. The number of ether oxygens (including phenoxy) is 3. The van der Waals surface area contributed by atoms with Crippen LogP contribution in [0.25, 0.3) is 0 Å². The number of hydrogen-bond acceptors (Lipinski definition) is 9. The van der Waals surface area contributed by atoms with Gasteiger partial charge in [0.2, 0.25) is 11.8 Å². The molecule has 0 aromatic carbocycles. The highest BCUT2D eigenvalue weighted by atomic mass is 16.6. The second-order valence-electron chi connectivity index (χ2n) is 21.4. The first-order chi connectivity index (χ1) is 33.8. The molecule has 0 spiro atoms. The van der Waals surface area contributed by atoms with E-state index >= 15 is 0 Å². The van der Waals surface area contributed by atoms with Crippen molar-refractivity contribution in [3.05, 3.63) is 0 Å². The summed E-state index contributed by atoms with van der Waals surface area (Å²) in [6.45, 7) is 18.6. The highest BCUT2D eigenvalue weighted by molar-refractivity contribution is 5.76. The van der Waals surface area contributed by atoms with Gasteiger partial charge in [0, 0.05) is 65.0 Å². The fourth-order valence-corrected chi connectivity index (χ4v) is 8.77. The summed E-state index contributed by atoms with van der Waals surface area (Å²) in [5.41, 5.74) is -0.599. The molecule has 0 aliphatic heterocycles. The molecule has 0 saturated carbocycles. The molecular formula is C58H112N4O8. The molecule has 3 amide bonds. The Bertz CT molecular complexity index is 1240. The van der Waals surface area contributed by atoms with Gasteiger partial charge in [0.25, 0.3) is 0 Å². The Morgan fingerprint density at radius 1 is 0.400 bits per heavy atom. The predicted molar refractivity (Wildman–Crippen MR) is 290 cm³/mol. The minimum Gasteiger partial charge on any atom is -0.465 e. The van der Waals surface area contributed by atoms with Gasteiger partial charge in [-0.05, 0) is 84.0 Å². The van der Waals surface area contributed by atoms with Gasteiger partial charge in [0.05, 0.1) is 13.2 Å². The number of esters is 2. The van der Waals surface area contributed by atoms with Crippen LogP contribution in [0.2, 0.25) is 0 Å². The Morgan fingerprint density at radius 2 is 0.743 bits per heavy atom. The summed E-state index contributed by atoms with van der Waals surface area (Å²) in [7, 11) is 0. The highest BCUT2D eigenvalue weighted by Gasteiger charge is 2.18. The third-order valence-corrected chi connectivity index (χ3v) is 13.2. The summed E-state index contributed by atoms with van der Waals surface area (Å²) >= 11 is 0. The fraction of sp³-hybridized carbons (Fsp3) is 0.914. The number of carbonyl (C=O) groups is 5. The molecule has 3 N–H and O–H groups in total. The first kappa shape index (κ1) is 67.1. The molecule has 0 aromatic rings. The Balaban J connectivity index is 4.43. The summed E-state index contributed by atoms with van der Waals surface area (Å²) in [5.74, 6) is 0.805. The van der Waals surface area contributed by atoms with E-state index in [2.05, 4.69) is 43.6 Å². The quantitative estimate of drug-likeness (QED) is 0.0307. The molecule has 0 aromatic heterocycles. The van der Waals surface area contributed by atoms with Gasteiger partial charge < -0.3 is 35.1 Å². The van der Waals surface area contributed by atoms with Crippen LogP contribution in [0.5, 0.6) is 0 Å². The van der Waals surface area contributed by atoms with Crippen molar-refractivity contribution in [2.75, 3.05) is 52.5 Å². The molecule has 0 bridgehead atoms. The van der Waals surface area contributed by atoms with E-state index in [0.717, 1.165) is 83.5 Å². The molecule has 0 saturated heterocycles. The van der Waals surface area contributed by atoms with Crippen molar-refractivity contribution in [2.24, 2.45) is 11.8 Å². The van der Waals surface area contributed by atoms with E-state index < -0.39 is 11.7 Å². The monoisotopic (exact) mass is 993 g/mol. The maximum Gasteiger partial charge on any atom is 0.407 e. The van der Waals surface area contributed by atoms with Crippen molar-refractivity contribution in [1.29, 1.82) is 0 Å². The van der Waals surface area contributed by atoms with Crippen LogP contribution in [0.4, 0.5) is 4.79 Å². The van der Waals surface area contributed by atoms with Gasteiger partial charge in [-0.15, -0.1) is 0 Å². The molecule has 12 nitrogen and oxygen atoms in total. The number of rotatable bonds is 50. The van der Waals surface area contributed by atoms with Crippen LogP contribution in [-0.2, 0) is 33.4 Å². The molecule has 0 atom stereocenters. The molecule has 0 aliphatic carbocycles. The Hall–Kier alpha value is -2.89. The van der Waals surface area contributed by atoms with Gasteiger partial charge >= 0.3 is 18.0 Å². The number of amides is 3. The zero-order valence-electron chi connectivity index (χ0n) is 46.8. The standard InChI is InChI=1S/C58H112N4O8/c1-8-12-16-27-35-51(36-28-17-13-9-2)49-68-55(65)39-31-23-20-21-25-33-43-59-53(63)41-46-62(48-45-61-57(67)70-58(5,6)7)47-42-54(64)60-44-34-26-22-24-32-40-56(66)69-50-52(37-29-18-14-10-3)38-30-19-15-11-4/h51-52H,8-50H2,1-7H3,(H,59,63)(H,60,64)(H,61,67). The van der Waals surface area contributed by atoms with E-state index in [-0.39, 0.29) is 23.8 Å². The average molecular weight is 994 g/mol. The molecule has 0 radical (unpaired) electrons. The zero-order chi connectivity index (χ0) is 51.8. The zero-order valence-corrected chi connectivity index (χ0v) is 46.8. The lowest BCUT2D eigenvalue weighted by Crippen LogP contribution is -2.40. The van der Waals surface area contributed by atoms with Crippen LogP contribution >= 0.6 is 0 Å². The number of alkyl carbamates (subject to hydrolysis) is 1. The average Bonchev–Trinajstić information content (AvgIpc) is 3.32. The number of unbranched alkanes of at least 4 members (excludes halogenated alkanes) is 21. The lowest BCUT2D eigenvalue weighted by Gasteiger charge is -2.23. The predicted octanol–water partition coefficient (Wildman–Crippen LogP) is 14.1. The van der Waals surface area contributed by atoms with Crippen LogP contribution in [0.15, 0.2) is 0 Å². The van der Waals surface area contributed by atoms with E-state index in [1.165, 1.54) is 116 Å². The number of carbonyl (C=O) groups excluding carboxylic acids is 5. The Morgan fingerprint density at radius 3 is 1.10 bits per heavy atom. The van der Waals surface area contributed by atoms with Crippen molar-refractivity contribution in [2.45, 2.75) is 279 Å². The maximum absolute atomic E-state index is 12.8. The lowest BCUT2D eigenvalue weighted by atomic mass is 9.95. The third kappa shape index (κ3) is 47.4. The summed E-state index contributed by atoms with van der Waals surface area (Å²) in [6.07, 6.45) is 36.4. The molecule has 0 rings (SSSR count). The van der Waals surface area contributed by atoms with Gasteiger partial charge in [-0.3, -0.25) is 19.2 Å². The third-order valence-electron chi connectivity index (χ3n) is 13.2. The van der Waals surface area contributed by atoms with Crippen molar-refractivity contribution >= 4 is 29.8 Å². The van der Waals surface area contributed by atoms with Crippen molar-refractivity contribution in [3.8, 4) is 0 Å². The lowest BCUT2D eigenvalue weighted by molar-refractivity contribution is -0.146. The number of hydrogen-bond donors (Lipinski definition) is 3. The highest BCUT2D eigenvalue weighted by Crippen LogP contribution is 2.21. The minimum absolute atomic E-state index is 0.0240. The van der Waals surface area contributed by atoms with E-state index in [0.29, 0.717) is 90.0 Å². The molecule has 412 valence electrons. The Kier molecular flexibility index (Phi) is 46.4.